The topological polar surface area (TPSA) is 55.1 Å². The Morgan fingerprint density at radius 1 is 1.33 bits per heavy atom. The molecule has 1 saturated heterocycles. The van der Waals surface area contributed by atoms with Gasteiger partial charge >= 0.3 is 0 Å². The van der Waals surface area contributed by atoms with Crippen LogP contribution in [0.2, 0.25) is 0 Å². The third kappa shape index (κ3) is 4.60. The minimum Gasteiger partial charge on any atom is -0.369 e. The van der Waals surface area contributed by atoms with Gasteiger partial charge in [0.25, 0.3) is 0 Å². The van der Waals surface area contributed by atoms with Crippen molar-refractivity contribution in [2.75, 3.05) is 0 Å². The summed E-state index contributed by atoms with van der Waals surface area (Å²) in [7, 11) is 0. The van der Waals surface area contributed by atoms with Crippen molar-refractivity contribution in [1.29, 1.82) is 0 Å². The number of piperidine rings is 1. The standard InChI is InChI=1S/C15H30N2O/c1-10-9-11(2)17-12(13(10)14(16)18)7-6-8-15(3,4)5/h10-13,17H,6-9H2,1-5H3,(H2,16,18). The number of carbonyl (C=O) groups is 1. The number of primary amides is 1. The minimum absolute atomic E-state index is 0.00108. The van der Waals surface area contributed by atoms with Gasteiger partial charge in [0.1, 0.15) is 0 Å². The largest absolute Gasteiger partial charge is 0.369 e. The van der Waals surface area contributed by atoms with E-state index in [2.05, 4.69) is 39.9 Å². The molecule has 0 radical (unpaired) electrons. The molecule has 1 fully saturated rings. The molecule has 0 aromatic carbocycles. The molecule has 0 aliphatic carbocycles. The molecular formula is C15H30N2O. The Labute approximate surface area is 112 Å². The second kappa shape index (κ2) is 6.05. The molecule has 0 spiro atoms. The molecule has 4 atom stereocenters. The fraction of sp³-hybridized carbons (Fsp3) is 0.933. The summed E-state index contributed by atoms with van der Waals surface area (Å²) in [6.07, 6.45) is 4.45. The number of nitrogens with one attached hydrogen (secondary N) is 1. The maximum Gasteiger partial charge on any atom is 0.222 e. The van der Waals surface area contributed by atoms with Crippen LogP contribution in [0.1, 0.15) is 60.3 Å². The number of carbonyl (C=O) groups excluding carboxylic acids is 1. The second-order valence-corrected chi connectivity index (χ2v) is 7.27. The van der Waals surface area contributed by atoms with Gasteiger partial charge in [0, 0.05) is 12.1 Å². The average molecular weight is 254 g/mol. The molecule has 3 heteroatoms. The number of amides is 1. The van der Waals surface area contributed by atoms with Crippen molar-refractivity contribution in [2.24, 2.45) is 23.0 Å². The first-order valence-corrected chi connectivity index (χ1v) is 7.26. The van der Waals surface area contributed by atoms with Crippen LogP contribution in [0.25, 0.3) is 0 Å². The van der Waals surface area contributed by atoms with Crippen molar-refractivity contribution in [2.45, 2.75) is 72.4 Å². The van der Waals surface area contributed by atoms with Crippen LogP contribution in [0.3, 0.4) is 0 Å². The summed E-state index contributed by atoms with van der Waals surface area (Å²) in [6.45, 7) is 11.1. The molecule has 3 N–H and O–H groups in total. The van der Waals surface area contributed by atoms with Gasteiger partial charge in [-0.3, -0.25) is 4.79 Å². The molecule has 106 valence electrons. The highest BCUT2D eigenvalue weighted by Crippen LogP contribution is 2.30. The van der Waals surface area contributed by atoms with Gasteiger partial charge < -0.3 is 11.1 Å². The van der Waals surface area contributed by atoms with Crippen LogP contribution < -0.4 is 11.1 Å². The third-order valence-electron chi connectivity index (χ3n) is 4.04. The van der Waals surface area contributed by atoms with Gasteiger partial charge in [-0.25, -0.2) is 0 Å². The zero-order valence-electron chi connectivity index (χ0n) is 12.6. The Kier molecular flexibility index (Phi) is 5.20. The normalized spacial score (nSPS) is 33.4. The van der Waals surface area contributed by atoms with Crippen LogP contribution in [0.5, 0.6) is 0 Å². The monoisotopic (exact) mass is 254 g/mol. The predicted molar refractivity (Wildman–Crippen MR) is 76.2 cm³/mol. The Morgan fingerprint density at radius 2 is 1.94 bits per heavy atom. The lowest BCUT2D eigenvalue weighted by Gasteiger charge is -2.39. The van der Waals surface area contributed by atoms with E-state index in [-0.39, 0.29) is 17.9 Å². The van der Waals surface area contributed by atoms with Crippen molar-refractivity contribution >= 4 is 5.91 Å². The predicted octanol–water partition coefficient (Wildman–Crippen LogP) is 2.69. The molecule has 3 nitrogen and oxygen atoms in total. The lowest BCUT2D eigenvalue weighted by Crippen LogP contribution is -2.54. The zero-order chi connectivity index (χ0) is 13.9. The molecule has 0 bridgehead atoms. The summed E-state index contributed by atoms with van der Waals surface area (Å²) < 4.78 is 0. The van der Waals surface area contributed by atoms with E-state index in [0.29, 0.717) is 17.4 Å². The summed E-state index contributed by atoms with van der Waals surface area (Å²) in [5, 5.41) is 3.56. The summed E-state index contributed by atoms with van der Waals surface area (Å²) in [6, 6.07) is 0.763. The highest BCUT2D eigenvalue weighted by atomic mass is 16.1. The van der Waals surface area contributed by atoms with E-state index in [4.69, 9.17) is 5.73 Å². The minimum atomic E-state index is -0.136. The highest BCUT2D eigenvalue weighted by Gasteiger charge is 2.36. The molecule has 1 heterocycles. The first-order valence-electron chi connectivity index (χ1n) is 7.26. The van der Waals surface area contributed by atoms with Crippen molar-refractivity contribution in [3.63, 3.8) is 0 Å². The van der Waals surface area contributed by atoms with Gasteiger partial charge in [0.15, 0.2) is 0 Å². The number of hydrogen-bond acceptors (Lipinski definition) is 2. The molecule has 0 aromatic rings. The Hall–Kier alpha value is -0.570. The van der Waals surface area contributed by atoms with Gasteiger partial charge in [-0.05, 0) is 37.5 Å². The van der Waals surface area contributed by atoms with Crippen LogP contribution in [0.15, 0.2) is 0 Å². The van der Waals surface area contributed by atoms with Crippen molar-refractivity contribution in [3.05, 3.63) is 0 Å². The lowest BCUT2D eigenvalue weighted by molar-refractivity contribution is -0.125. The first kappa shape index (κ1) is 15.5. The van der Waals surface area contributed by atoms with Crippen LogP contribution in [0.4, 0.5) is 0 Å². The first-order chi connectivity index (χ1) is 8.20. The zero-order valence-corrected chi connectivity index (χ0v) is 12.6. The third-order valence-corrected chi connectivity index (χ3v) is 4.04. The molecular weight excluding hydrogens is 224 g/mol. The molecule has 1 rings (SSSR count). The summed E-state index contributed by atoms with van der Waals surface area (Å²) in [5.74, 6) is 0.266. The maximum absolute atomic E-state index is 11.6. The molecule has 1 aliphatic heterocycles. The second-order valence-electron chi connectivity index (χ2n) is 7.27. The van der Waals surface area contributed by atoms with Gasteiger partial charge in [-0.1, -0.05) is 34.1 Å². The Balaban J connectivity index is 2.56. The smallest absolute Gasteiger partial charge is 0.222 e. The van der Waals surface area contributed by atoms with Crippen LogP contribution in [0, 0.1) is 17.3 Å². The number of rotatable bonds is 4. The SMILES string of the molecule is CC1CC(C)C(C(N)=O)C(CCCC(C)(C)C)N1. The van der Waals surface area contributed by atoms with E-state index < -0.39 is 0 Å². The molecule has 0 saturated carbocycles. The van der Waals surface area contributed by atoms with E-state index in [1.807, 2.05) is 0 Å². The van der Waals surface area contributed by atoms with Crippen LogP contribution in [-0.4, -0.2) is 18.0 Å². The van der Waals surface area contributed by atoms with Crippen LogP contribution in [-0.2, 0) is 4.79 Å². The fourth-order valence-electron chi connectivity index (χ4n) is 3.23. The summed E-state index contributed by atoms with van der Waals surface area (Å²) in [4.78, 5) is 11.6. The van der Waals surface area contributed by atoms with Gasteiger partial charge in [0.05, 0.1) is 5.92 Å². The Morgan fingerprint density at radius 3 is 2.44 bits per heavy atom. The fourth-order valence-corrected chi connectivity index (χ4v) is 3.23. The number of nitrogens with two attached hydrogens (primary N) is 1. The van der Waals surface area contributed by atoms with E-state index >= 15 is 0 Å². The summed E-state index contributed by atoms with van der Waals surface area (Å²) in [5.41, 5.74) is 5.94. The van der Waals surface area contributed by atoms with E-state index in [9.17, 15) is 4.79 Å². The van der Waals surface area contributed by atoms with Crippen molar-refractivity contribution in [3.8, 4) is 0 Å². The van der Waals surface area contributed by atoms with E-state index in [0.717, 1.165) is 19.3 Å². The van der Waals surface area contributed by atoms with Crippen molar-refractivity contribution in [1.82, 2.24) is 5.32 Å². The average Bonchev–Trinajstić information content (AvgIpc) is 2.13. The maximum atomic E-state index is 11.6. The van der Waals surface area contributed by atoms with E-state index in [1.54, 1.807) is 0 Å². The van der Waals surface area contributed by atoms with Crippen molar-refractivity contribution < 1.29 is 4.79 Å². The quantitative estimate of drug-likeness (QED) is 0.810. The molecule has 1 amide bonds. The van der Waals surface area contributed by atoms with Gasteiger partial charge in [-0.2, -0.15) is 0 Å². The lowest BCUT2D eigenvalue weighted by atomic mass is 9.76. The molecule has 1 aliphatic rings. The van der Waals surface area contributed by atoms with Crippen LogP contribution >= 0.6 is 0 Å². The Bertz CT molecular complexity index is 283. The molecule has 4 unspecified atom stereocenters. The van der Waals surface area contributed by atoms with E-state index in [1.165, 1.54) is 6.42 Å². The number of hydrogen-bond donors (Lipinski definition) is 2. The van der Waals surface area contributed by atoms with Gasteiger partial charge in [0.2, 0.25) is 5.91 Å². The highest BCUT2D eigenvalue weighted by molar-refractivity contribution is 5.77. The molecule has 0 aromatic heterocycles. The molecule has 18 heavy (non-hydrogen) atoms. The summed E-state index contributed by atoms with van der Waals surface area (Å²) >= 11 is 0. The van der Waals surface area contributed by atoms with Gasteiger partial charge in [-0.15, -0.1) is 0 Å².